The van der Waals surface area contributed by atoms with Crippen molar-refractivity contribution >= 4 is 28.5 Å². The zero-order valence-electron chi connectivity index (χ0n) is 20.4. The number of piperazine rings is 1. The molecule has 1 aromatic heterocycles. The van der Waals surface area contributed by atoms with Crippen LogP contribution in [0.2, 0.25) is 0 Å². The summed E-state index contributed by atoms with van der Waals surface area (Å²) >= 11 is 0.756. The Balaban J connectivity index is 1.59. The Bertz CT molecular complexity index is 1050. The minimum atomic E-state index is -0.985. The largest absolute Gasteiger partial charge is 0.494 e. The molecule has 1 fully saturated rings. The number of nitrogens with two attached hydrogens (primary N) is 1. The molecule has 198 valence electrons. The third-order valence-electron chi connectivity index (χ3n) is 5.68. The van der Waals surface area contributed by atoms with Crippen molar-refractivity contribution in [2.24, 2.45) is 5.73 Å². The predicted octanol–water partition coefficient (Wildman–Crippen LogP) is 1.88. The van der Waals surface area contributed by atoms with Crippen molar-refractivity contribution < 1.29 is 32.6 Å². The molecule has 1 aliphatic heterocycles. The Kier molecular flexibility index (Phi) is 9.61. The molecule has 1 saturated heterocycles. The summed E-state index contributed by atoms with van der Waals surface area (Å²) in [5.74, 6) is -3.65. The molecule has 14 heteroatoms. The third-order valence-corrected chi connectivity index (χ3v) is 6.43. The summed E-state index contributed by atoms with van der Waals surface area (Å²) in [6, 6.07) is 0.526. The smallest absolute Gasteiger partial charge is 0.319 e. The SMILES string of the molecule is COc1cc(OC)c(F)c(COc2nsc(NC(=O)NCCCN3CCN(C)CC3)c2C(N)=O)c1F. The Labute approximate surface area is 211 Å². The van der Waals surface area contributed by atoms with Crippen molar-refractivity contribution in [2.75, 3.05) is 65.9 Å². The molecule has 0 radical (unpaired) electrons. The van der Waals surface area contributed by atoms with Crippen molar-refractivity contribution in [3.05, 3.63) is 28.8 Å². The van der Waals surface area contributed by atoms with Crippen molar-refractivity contribution in [1.29, 1.82) is 0 Å². The van der Waals surface area contributed by atoms with Crippen molar-refractivity contribution in [1.82, 2.24) is 19.5 Å². The van der Waals surface area contributed by atoms with Crippen LogP contribution in [-0.2, 0) is 6.61 Å². The van der Waals surface area contributed by atoms with Gasteiger partial charge in [0.1, 0.15) is 17.2 Å². The molecule has 0 bridgehead atoms. The number of carbonyl (C=O) groups excluding carboxylic acids is 2. The molecule has 0 unspecified atom stereocenters. The number of hydrogen-bond donors (Lipinski definition) is 3. The number of likely N-dealkylation sites (N-methyl/N-ethyl adjacent to an activating group) is 1. The zero-order chi connectivity index (χ0) is 26.2. The Morgan fingerprint density at radius 1 is 1.14 bits per heavy atom. The highest BCUT2D eigenvalue weighted by Gasteiger charge is 2.25. The maximum absolute atomic E-state index is 14.6. The number of nitrogens with zero attached hydrogens (tertiary/aromatic N) is 3. The molecule has 2 heterocycles. The van der Waals surface area contributed by atoms with Crippen LogP contribution in [-0.4, -0.2) is 86.6 Å². The van der Waals surface area contributed by atoms with E-state index in [1.807, 2.05) is 0 Å². The number of primary amides is 1. The van der Waals surface area contributed by atoms with Gasteiger partial charge in [0.2, 0.25) is 5.88 Å². The quantitative estimate of drug-likeness (QED) is 0.377. The van der Waals surface area contributed by atoms with Crippen LogP contribution in [0.5, 0.6) is 17.4 Å². The van der Waals surface area contributed by atoms with Crippen molar-refractivity contribution in [2.45, 2.75) is 13.0 Å². The van der Waals surface area contributed by atoms with E-state index in [2.05, 4.69) is 31.9 Å². The Hall–Kier alpha value is -3.23. The van der Waals surface area contributed by atoms with Gasteiger partial charge < -0.3 is 35.1 Å². The summed E-state index contributed by atoms with van der Waals surface area (Å²) in [5, 5.41) is 5.31. The monoisotopic (exact) mass is 528 g/mol. The number of hydrogen-bond acceptors (Lipinski definition) is 9. The standard InChI is InChI=1S/C22H30F2N6O5S/c1-29-7-9-30(10-8-29)6-4-5-26-22(32)27-21-16(19(25)31)20(28-36-21)35-12-13-17(23)14(33-2)11-15(34-3)18(13)24/h11H,4-10,12H2,1-3H3,(H2,25,31)(H2,26,27,32). The van der Waals surface area contributed by atoms with Crippen LogP contribution in [0.4, 0.5) is 18.6 Å². The van der Waals surface area contributed by atoms with Gasteiger partial charge in [0.15, 0.2) is 23.1 Å². The molecule has 3 rings (SSSR count). The first-order valence-electron chi connectivity index (χ1n) is 11.2. The zero-order valence-corrected chi connectivity index (χ0v) is 21.2. The van der Waals surface area contributed by atoms with E-state index >= 15 is 0 Å². The Morgan fingerprint density at radius 2 is 1.78 bits per heavy atom. The van der Waals surface area contributed by atoms with Crippen LogP contribution in [0.1, 0.15) is 22.3 Å². The fraction of sp³-hybridized carbons (Fsp3) is 0.500. The van der Waals surface area contributed by atoms with Crippen molar-refractivity contribution in [3.63, 3.8) is 0 Å². The molecule has 2 aromatic rings. The summed E-state index contributed by atoms with van der Waals surface area (Å²) in [6.45, 7) is 4.68. The lowest BCUT2D eigenvalue weighted by molar-refractivity contribution is 0.0996. The molecule has 0 saturated carbocycles. The molecule has 11 nitrogen and oxygen atoms in total. The van der Waals surface area contributed by atoms with Crippen LogP contribution in [0.3, 0.4) is 0 Å². The average molecular weight is 529 g/mol. The fourth-order valence-corrected chi connectivity index (χ4v) is 4.34. The number of carbonyl (C=O) groups is 2. The summed E-state index contributed by atoms with van der Waals surface area (Å²) in [4.78, 5) is 29.0. The number of amides is 3. The lowest BCUT2D eigenvalue weighted by Crippen LogP contribution is -2.45. The van der Waals surface area contributed by atoms with E-state index in [1.165, 1.54) is 14.2 Å². The van der Waals surface area contributed by atoms with Gasteiger partial charge in [-0.25, -0.2) is 13.6 Å². The van der Waals surface area contributed by atoms with Gasteiger partial charge in [0.25, 0.3) is 5.91 Å². The molecule has 1 aliphatic rings. The number of methoxy groups -OCH3 is 2. The highest BCUT2D eigenvalue weighted by molar-refractivity contribution is 7.11. The summed E-state index contributed by atoms with van der Waals surface area (Å²) in [6.07, 6.45) is 0.762. The van der Waals surface area contributed by atoms with Crippen LogP contribution in [0.15, 0.2) is 6.07 Å². The fourth-order valence-electron chi connectivity index (χ4n) is 3.60. The molecule has 36 heavy (non-hydrogen) atoms. The van der Waals surface area contributed by atoms with Crippen LogP contribution >= 0.6 is 11.5 Å². The highest BCUT2D eigenvalue weighted by atomic mass is 32.1. The number of aromatic nitrogens is 1. The van der Waals surface area contributed by atoms with Crippen LogP contribution in [0.25, 0.3) is 0 Å². The van der Waals surface area contributed by atoms with Gasteiger partial charge in [-0.1, -0.05) is 0 Å². The van der Waals surface area contributed by atoms with E-state index in [-0.39, 0.29) is 27.9 Å². The van der Waals surface area contributed by atoms with Gasteiger partial charge in [-0.3, -0.25) is 10.1 Å². The number of anilines is 1. The second-order valence-electron chi connectivity index (χ2n) is 8.11. The average Bonchev–Trinajstić information content (AvgIpc) is 3.25. The van der Waals surface area contributed by atoms with Crippen LogP contribution < -0.4 is 30.6 Å². The third kappa shape index (κ3) is 6.71. The highest BCUT2D eigenvalue weighted by Crippen LogP contribution is 2.34. The molecule has 0 spiro atoms. The Morgan fingerprint density at radius 3 is 2.36 bits per heavy atom. The summed E-state index contributed by atoms with van der Waals surface area (Å²) in [7, 11) is 4.54. The number of halogens is 2. The number of nitrogens with one attached hydrogen (secondary N) is 2. The predicted molar refractivity (Wildman–Crippen MR) is 130 cm³/mol. The molecular weight excluding hydrogens is 498 g/mol. The lowest BCUT2D eigenvalue weighted by atomic mass is 10.1. The molecule has 0 aliphatic carbocycles. The first-order valence-corrected chi connectivity index (χ1v) is 12.0. The van der Waals surface area contributed by atoms with Gasteiger partial charge in [0.05, 0.1) is 19.8 Å². The minimum absolute atomic E-state index is 0.0539. The number of benzene rings is 1. The van der Waals surface area contributed by atoms with Gasteiger partial charge in [-0.2, -0.15) is 4.37 Å². The van der Waals surface area contributed by atoms with Crippen LogP contribution in [0, 0.1) is 11.6 Å². The molecular formula is C22H30F2N6O5S. The molecule has 3 amide bonds. The maximum atomic E-state index is 14.6. The number of ether oxygens (including phenoxy) is 3. The van der Waals surface area contributed by atoms with Gasteiger partial charge >= 0.3 is 6.03 Å². The van der Waals surface area contributed by atoms with E-state index < -0.39 is 35.7 Å². The second-order valence-corrected chi connectivity index (χ2v) is 8.89. The summed E-state index contributed by atoms with van der Waals surface area (Å²) in [5.41, 5.74) is 4.76. The van der Waals surface area contributed by atoms with E-state index in [9.17, 15) is 18.4 Å². The number of urea groups is 1. The normalized spacial score (nSPS) is 14.4. The second kappa shape index (κ2) is 12.6. The molecule has 4 N–H and O–H groups in total. The number of rotatable bonds is 11. The molecule has 1 aromatic carbocycles. The lowest BCUT2D eigenvalue weighted by Gasteiger charge is -2.32. The van der Waals surface area contributed by atoms with Gasteiger partial charge in [0, 0.05) is 38.8 Å². The van der Waals surface area contributed by atoms with Crippen molar-refractivity contribution in [3.8, 4) is 17.4 Å². The van der Waals surface area contributed by atoms with E-state index in [4.69, 9.17) is 19.9 Å². The first kappa shape index (κ1) is 27.4. The van der Waals surface area contributed by atoms with E-state index in [0.717, 1.165) is 56.7 Å². The van der Waals surface area contributed by atoms with Gasteiger partial charge in [-0.05, 0) is 31.5 Å². The maximum Gasteiger partial charge on any atom is 0.319 e. The topological polar surface area (TPSA) is 131 Å². The molecule has 0 atom stereocenters. The minimum Gasteiger partial charge on any atom is -0.494 e. The summed E-state index contributed by atoms with van der Waals surface area (Å²) < 4.78 is 48.4. The van der Waals surface area contributed by atoms with E-state index in [1.54, 1.807) is 0 Å². The van der Waals surface area contributed by atoms with Gasteiger partial charge in [-0.15, -0.1) is 0 Å². The first-order chi connectivity index (χ1) is 17.2. The van der Waals surface area contributed by atoms with E-state index in [0.29, 0.717) is 6.54 Å².